The lowest BCUT2D eigenvalue weighted by atomic mass is 10.0. The Balaban J connectivity index is 1.40. The van der Waals surface area contributed by atoms with E-state index < -0.39 is 0 Å². The number of carbonyl (C=O) groups is 2. The van der Waals surface area contributed by atoms with Crippen LogP contribution in [0.1, 0.15) is 33.6 Å². The van der Waals surface area contributed by atoms with Crippen LogP contribution in [0, 0.1) is 0 Å². The van der Waals surface area contributed by atoms with Crippen LogP contribution in [0.3, 0.4) is 0 Å². The van der Waals surface area contributed by atoms with Crippen LogP contribution in [-0.2, 0) is 0 Å². The minimum absolute atomic E-state index is 0.0161. The maximum Gasteiger partial charge on any atom is 0.257 e. The van der Waals surface area contributed by atoms with Gasteiger partial charge in [-0.1, -0.05) is 36.4 Å². The summed E-state index contributed by atoms with van der Waals surface area (Å²) in [4.78, 5) is 26.9. The van der Waals surface area contributed by atoms with Crippen LogP contribution >= 0.6 is 0 Å². The molecule has 2 heterocycles. The van der Waals surface area contributed by atoms with E-state index in [1.807, 2.05) is 47.4 Å². The fourth-order valence-electron chi connectivity index (χ4n) is 3.48. The number of fused-ring (bicyclic) bond motifs is 1. The molecule has 132 valence electrons. The van der Waals surface area contributed by atoms with Crippen molar-refractivity contribution in [1.82, 2.24) is 10.2 Å². The molecule has 0 radical (unpaired) electrons. The summed E-state index contributed by atoms with van der Waals surface area (Å²) in [5, 5.41) is 5.14. The van der Waals surface area contributed by atoms with Crippen molar-refractivity contribution < 1.29 is 14.0 Å². The molecule has 1 N–H and O–H groups in total. The highest BCUT2D eigenvalue weighted by Crippen LogP contribution is 2.20. The zero-order valence-electron chi connectivity index (χ0n) is 14.4. The smallest absolute Gasteiger partial charge is 0.257 e. The molecule has 1 aliphatic heterocycles. The number of hydrogen-bond acceptors (Lipinski definition) is 3. The summed E-state index contributed by atoms with van der Waals surface area (Å²) >= 11 is 0. The van der Waals surface area contributed by atoms with Gasteiger partial charge in [-0.15, -0.1) is 0 Å². The number of nitrogens with zero attached hydrogens (tertiary/aromatic N) is 1. The first-order valence-corrected chi connectivity index (χ1v) is 8.82. The SMILES string of the molecule is O=C(NC1CCN(C(=O)c2ccoc2)CC1)c1cccc2ccccc12. The van der Waals surface area contributed by atoms with Crippen LogP contribution in [0.2, 0.25) is 0 Å². The zero-order valence-corrected chi connectivity index (χ0v) is 14.4. The highest BCUT2D eigenvalue weighted by molar-refractivity contribution is 6.07. The van der Waals surface area contributed by atoms with E-state index >= 15 is 0 Å². The first kappa shape index (κ1) is 16.4. The van der Waals surface area contributed by atoms with Crippen LogP contribution in [-0.4, -0.2) is 35.8 Å². The molecule has 3 aromatic rings. The predicted molar refractivity (Wildman–Crippen MR) is 99.0 cm³/mol. The maximum atomic E-state index is 12.7. The van der Waals surface area contributed by atoms with E-state index in [0.29, 0.717) is 24.2 Å². The summed E-state index contributed by atoms with van der Waals surface area (Å²) in [5.41, 5.74) is 1.27. The number of amides is 2. The lowest BCUT2D eigenvalue weighted by Crippen LogP contribution is -2.46. The van der Waals surface area contributed by atoms with Gasteiger partial charge < -0.3 is 14.6 Å². The molecule has 2 aromatic carbocycles. The lowest BCUT2D eigenvalue weighted by Gasteiger charge is -2.32. The molecule has 1 fully saturated rings. The summed E-state index contributed by atoms with van der Waals surface area (Å²) in [7, 11) is 0. The van der Waals surface area contributed by atoms with E-state index in [1.54, 1.807) is 6.07 Å². The second kappa shape index (κ2) is 7.04. The largest absolute Gasteiger partial charge is 0.472 e. The van der Waals surface area contributed by atoms with Gasteiger partial charge in [0.25, 0.3) is 11.8 Å². The Morgan fingerprint density at radius 3 is 2.54 bits per heavy atom. The van der Waals surface area contributed by atoms with Gasteiger partial charge in [-0.3, -0.25) is 9.59 Å². The van der Waals surface area contributed by atoms with E-state index in [2.05, 4.69) is 5.32 Å². The minimum atomic E-state index is -0.0542. The highest BCUT2D eigenvalue weighted by atomic mass is 16.3. The van der Waals surface area contributed by atoms with E-state index in [0.717, 1.165) is 23.6 Å². The highest BCUT2D eigenvalue weighted by Gasteiger charge is 2.25. The average molecular weight is 348 g/mol. The Kier molecular flexibility index (Phi) is 4.44. The van der Waals surface area contributed by atoms with E-state index in [4.69, 9.17) is 4.42 Å². The monoisotopic (exact) mass is 348 g/mol. The quantitative estimate of drug-likeness (QED) is 0.788. The van der Waals surface area contributed by atoms with Crippen molar-refractivity contribution >= 4 is 22.6 Å². The Morgan fingerprint density at radius 2 is 1.77 bits per heavy atom. The van der Waals surface area contributed by atoms with Crippen molar-refractivity contribution in [1.29, 1.82) is 0 Å². The number of likely N-dealkylation sites (tertiary alicyclic amines) is 1. The second-order valence-corrected chi connectivity index (χ2v) is 6.58. The number of piperidine rings is 1. The molecule has 1 saturated heterocycles. The molecule has 4 rings (SSSR count). The number of benzene rings is 2. The number of hydrogen-bond donors (Lipinski definition) is 1. The fourth-order valence-corrected chi connectivity index (χ4v) is 3.48. The molecule has 0 bridgehead atoms. The van der Waals surface area contributed by atoms with E-state index in [9.17, 15) is 9.59 Å². The molecule has 0 saturated carbocycles. The van der Waals surface area contributed by atoms with Gasteiger partial charge in [0.15, 0.2) is 0 Å². The van der Waals surface area contributed by atoms with Crippen LogP contribution in [0.5, 0.6) is 0 Å². The number of nitrogens with one attached hydrogen (secondary N) is 1. The molecule has 26 heavy (non-hydrogen) atoms. The maximum absolute atomic E-state index is 12.7. The predicted octanol–water partition coefficient (Wildman–Crippen LogP) is 3.47. The third kappa shape index (κ3) is 3.20. The summed E-state index contributed by atoms with van der Waals surface area (Å²) in [6, 6.07) is 15.4. The summed E-state index contributed by atoms with van der Waals surface area (Å²) < 4.78 is 4.98. The summed E-state index contributed by atoms with van der Waals surface area (Å²) in [6.45, 7) is 1.26. The molecule has 0 atom stereocenters. The van der Waals surface area contributed by atoms with Crippen LogP contribution in [0.4, 0.5) is 0 Å². The third-order valence-electron chi connectivity index (χ3n) is 4.92. The average Bonchev–Trinajstić information content (AvgIpc) is 3.22. The Hall–Kier alpha value is -3.08. The van der Waals surface area contributed by atoms with Crippen molar-refractivity contribution in [2.24, 2.45) is 0 Å². The van der Waals surface area contributed by atoms with E-state index in [-0.39, 0.29) is 17.9 Å². The molecule has 5 heteroatoms. The van der Waals surface area contributed by atoms with Crippen molar-refractivity contribution in [3.63, 3.8) is 0 Å². The normalized spacial score (nSPS) is 15.2. The molecule has 1 aliphatic rings. The number of rotatable bonds is 3. The molecule has 0 spiro atoms. The van der Waals surface area contributed by atoms with Gasteiger partial charge in [-0.05, 0) is 35.7 Å². The van der Waals surface area contributed by atoms with Gasteiger partial charge in [-0.25, -0.2) is 0 Å². The Bertz CT molecular complexity index is 920. The molecule has 5 nitrogen and oxygen atoms in total. The second-order valence-electron chi connectivity index (χ2n) is 6.58. The molecule has 0 aliphatic carbocycles. The van der Waals surface area contributed by atoms with Crippen LogP contribution < -0.4 is 5.32 Å². The third-order valence-corrected chi connectivity index (χ3v) is 4.92. The molecular weight excluding hydrogens is 328 g/mol. The van der Waals surface area contributed by atoms with Crippen molar-refractivity contribution in [2.75, 3.05) is 13.1 Å². The summed E-state index contributed by atoms with van der Waals surface area (Å²) in [5.74, 6) is -0.0704. The Morgan fingerprint density at radius 1 is 1.00 bits per heavy atom. The topological polar surface area (TPSA) is 62.6 Å². The summed E-state index contributed by atoms with van der Waals surface area (Å²) in [6.07, 6.45) is 4.47. The van der Waals surface area contributed by atoms with Gasteiger partial charge in [0.05, 0.1) is 11.8 Å². The van der Waals surface area contributed by atoms with Crippen molar-refractivity contribution in [3.8, 4) is 0 Å². The van der Waals surface area contributed by atoms with E-state index in [1.165, 1.54) is 12.5 Å². The molecular formula is C21H20N2O3. The standard InChI is InChI=1S/C21H20N2O3/c24-20(19-7-3-5-15-4-1-2-6-18(15)19)22-17-8-11-23(12-9-17)21(25)16-10-13-26-14-16/h1-7,10,13-14,17H,8-9,11-12H2,(H,22,24). The lowest BCUT2D eigenvalue weighted by molar-refractivity contribution is 0.0697. The van der Waals surface area contributed by atoms with Crippen LogP contribution in [0.15, 0.2) is 65.5 Å². The molecule has 0 unspecified atom stereocenters. The van der Waals surface area contributed by atoms with Gasteiger partial charge in [0, 0.05) is 24.7 Å². The number of furan rings is 1. The van der Waals surface area contributed by atoms with Gasteiger partial charge in [-0.2, -0.15) is 0 Å². The number of carbonyl (C=O) groups excluding carboxylic acids is 2. The first-order valence-electron chi connectivity index (χ1n) is 8.82. The van der Waals surface area contributed by atoms with Crippen LogP contribution in [0.25, 0.3) is 10.8 Å². The van der Waals surface area contributed by atoms with Crippen molar-refractivity contribution in [2.45, 2.75) is 18.9 Å². The van der Waals surface area contributed by atoms with Gasteiger partial charge in [0.1, 0.15) is 6.26 Å². The fraction of sp³-hybridized carbons (Fsp3) is 0.238. The Labute approximate surface area is 151 Å². The first-order chi connectivity index (χ1) is 12.7. The van der Waals surface area contributed by atoms with Crippen molar-refractivity contribution in [3.05, 3.63) is 72.2 Å². The minimum Gasteiger partial charge on any atom is -0.472 e. The molecule has 1 aromatic heterocycles. The zero-order chi connectivity index (χ0) is 17.9. The van der Waals surface area contributed by atoms with Gasteiger partial charge in [0.2, 0.25) is 0 Å². The molecule has 2 amide bonds. The van der Waals surface area contributed by atoms with Gasteiger partial charge >= 0.3 is 0 Å².